The van der Waals surface area contributed by atoms with Gasteiger partial charge in [-0.15, -0.1) is 0 Å². The van der Waals surface area contributed by atoms with Crippen LogP contribution in [0.4, 0.5) is 0 Å². The highest BCUT2D eigenvalue weighted by molar-refractivity contribution is 5.76. The van der Waals surface area contributed by atoms with Gasteiger partial charge in [0.2, 0.25) is 5.91 Å². The van der Waals surface area contributed by atoms with Gasteiger partial charge in [0, 0.05) is 32.0 Å². The molecule has 2 saturated heterocycles. The topological polar surface area (TPSA) is 67.6 Å². The predicted molar refractivity (Wildman–Crippen MR) is 95.3 cm³/mol. The molecule has 2 atom stereocenters. The van der Waals surface area contributed by atoms with Gasteiger partial charge in [0.05, 0.1) is 18.9 Å². The molecule has 0 aliphatic carbocycles. The SMILES string of the molecule is CCCCc1cc(C[C@H]2CNCC[C@H]2CC(=O)N2CCOCC2)no1. The Bertz CT molecular complexity index is 540. The lowest BCUT2D eigenvalue weighted by Gasteiger charge is -2.34. The molecular formula is C19H31N3O3. The van der Waals surface area contributed by atoms with Gasteiger partial charge in [-0.3, -0.25) is 4.79 Å². The lowest BCUT2D eigenvalue weighted by molar-refractivity contribution is -0.136. The number of aromatic nitrogens is 1. The number of nitrogens with one attached hydrogen (secondary N) is 1. The molecule has 0 aromatic carbocycles. The number of rotatable bonds is 7. The number of ether oxygens (including phenoxy) is 1. The van der Waals surface area contributed by atoms with E-state index in [2.05, 4.69) is 23.5 Å². The van der Waals surface area contributed by atoms with Gasteiger partial charge < -0.3 is 19.5 Å². The van der Waals surface area contributed by atoms with Crippen molar-refractivity contribution >= 4 is 5.91 Å². The second kappa shape index (κ2) is 9.34. The molecule has 1 aromatic heterocycles. The number of hydrogen-bond donors (Lipinski definition) is 1. The van der Waals surface area contributed by atoms with Gasteiger partial charge in [0.25, 0.3) is 0 Å². The third-order valence-corrected chi connectivity index (χ3v) is 5.42. The normalized spacial score (nSPS) is 24.4. The number of morpholine rings is 1. The van der Waals surface area contributed by atoms with Crippen LogP contribution in [0.1, 0.15) is 44.1 Å². The van der Waals surface area contributed by atoms with Gasteiger partial charge in [-0.1, -0.05) is 18.5 Å². The number of unbranched alkanes of at least 4 members (excludes halogenated alkanes) is 1. The average Bonchev–Trinajstić information content (AvgIpc) is 3.09. The molecule has 1 amide bonds. The van der Waals surface area contributed by atoms with Gasteiger partial charge in [-0.25, -0.2) is 0 Å². The van der Waals surface area contributed by atoms with Crippen LogP contribution in [-0.4, -0.2) is 55.4 Å². The fourth-order valence-corrected chi connectivity index (χ4v) is 3.84. The zero-order chi connectivity index (χ0) is 17.5. The summed E-state index contributed by atoms with van der Waals surface area (Å²) in [5.41, 5.74) is 1.03. The van der Waals surface area contributed by atoms with Crippen LogP contribution < -0.4 is 5.32 Å². The monoisotopic (exact) mass is 349 g/mol. The molecule has 2 aliphatic heterocycles. The van der Waals surface area contributed by atoms with Crippen LogP contribution in [0.5, 0.6) is 0 Å². The van der Waals surface area contributed by atoms with E-state index in [4.69, 9.17) is 9.26 Å². The molecule has 1 N–H and O–H groups in total. The van der Waals surface area contributed by atoms with E-state index in [1.807, 2.05) is 4.90 Å². The fraction of sp³-hybridized carbons (Fsp3) is 0.789. The molecule has 0 bridgehead atoms. The Hall–Kier alpha value is -1.40. The van der Waals surface area contributed by atoms with Gasteiger partial charge in [-0.2, -0.15) is 0 Å². The third-order valence-electron chi connectivity index (χ3n) is 5.42. The number of nitrogens with zero attached hydrogens (tertiary/aromatic N) is 2. The van der Waals surface area contributed by atoms with Gasteiger partial charge in [0.15, 0.2) is 0 Å². The summed E-state index contributed by atoms with van der Waals surface area (Å²) in [6.45, 7) is 6.94. The number of aryl methyl sites for hydroxylation is 1. The molecule has 3 rings (SSSR count). The van der Waals surface area contributed by atoms with E-state index >= 15 is 0 Å². The Balaban J connectivity index is 1.55. The maximum atomic E-state index is 12.6. The van der Waals surface area contributed by atoms with Crippen molar-refractivity contribution in [3.63, 3.8) is 0 Å². The summed E-state index contributed by atoms with van der Waals surface area (Å²) in [4.78, 5) is 14.6. The van der Waals surface area contributed by atoms with E-state index < -0.39 is 0 Å². The molecule has 0 spiro atoms. The zero-order valence-electron chi connectivity index (χ0n) is 15.3. The van der Waals surface area contributed by atoms with Crippen molar-refractivity contribution in [2.24, 2.45) is 11.8 Å². The first kappa shape index (κ1) is 18.4. The average molecular weight is 349 g/mol. The van der Waals surface area contributed by atoms with Crippen molar-refractivity contribution in [1.82, 2.24) is 15.4 Å². The second-order valence-electron chi connectivity index (χ2n) is 7.30. The second-order valence-corrected chi connectivity index (χ2v) is 7.30. The number of carbonyl (C=O) groups excluding carboxylic acids is 1. The Morgan fingerprint density at radius 3 is 3.00 bits per heavy atom. The summed E-state index contributed by atoms with van der Waals surface area (Å²) < 4.78 is 10.8. The van der Waals surface area contributed by atoms with Crippen LogP contribution in [0, 0.1) is 11.8 Å². The van der Waals surface area contributed by atoms with Crippen molar-refractivity contribution in [3.8, 4) is 0 Å². The maximum absolute atomic E-state index is 12.6. The van der Waals surface area contributed by atoms with Crippen LogP contribution >= 0.6 is 0 Å². The highest BCUT2D eigenvalue weighted by atomic mass is 16.5. The minimum atomic E-state index is 0.281. The van der Waals surface area contributed by atoms with Crippen molar-refractivity contribution in [3.05, 3.63) is 17.5 Å². The largest absolute Gasteiger partial charge is 0.378 e. The lowest BCUT2D eigenvalue weighted by atomic mass is 9.81. The first-order valence-electron chi connectivity index (χ1n) is 9.77. The Kier molecular flexibility index (Phi) is 6.87. The van der Waals surface area contributed by atoms with E-state index in [1.165, 1.54) is 0 Å². The van der Waals surface area contributed by atoms with Crippen molar-refractivity contribution in [2.45, 2.75) is 45.4 Å². The summed E-state index contributed by atoms with van der Waals surface area (Å²) in [6.07, 6.45) is 5.85. The fourth-order valence-electron chi connectivity index (χ4n) is 3.84. The first-order chi connectivity index (χ1) is 12.3. The van der Waals surface area contributed by atoms with E-state index in [1.54, 1.807) is 0 Å². The molecule has 1 aromatic rings. The van der Waals surface area contributed by atoms with Crippen LogP contribution in [0.3, 0.4) is 0 Å². The summed E-state index contributed by atoms with van der Waals surface area (Å²) in [6, 6.07) is 2.10. The Labute approximate surface area is 150 Å². The van der Waals surface area contributed by atoms with Crippen LogP contribution in [0.2, 0.25) is 0 Å². The molecular weight excluding hydrogens is 318 g/mol. The molecule has 3 heterocycles. The van der Waals surface area contributed by atoms with Crippen molar-refractivity contribution < 1.29 is 14.1 Å². The minimum Gasteiger partial charge on any atom is -0.378 e. The summed E-state index contributed by atoms with van der Waals surface area (Å²) in [5.74, 6) is 2.14. The summed E-state index contributed by atoms with van der Waals surface area (Å²) in [5, 5.41) is 7.73. The first-order valence-corrected chi connectivity index (χ1v) is 9.77. The van der Waals surface area contributed by atoms with Crippen LogP contribution in [-0.2, 0) is 22.4 Å². The predicted octanol–water partition coefficient (Wildman–Crippen LogP) is 2.03. The van der Waals surface area contributed by atoms with Gasteiger partial charge >= 0.3 is 0 Å². The van der Waals surface area contributed by atoms with Crippen molar-refractivity contribution in [1.29, 1.82) is 0 Å². The van der Waals surface area contributed by atoms with Crippen LogP contribution in [0.25, 0.3) is 0 Å². The highest BCUT2D eigenvalue weighted by Crippen LogP contribution is 2.27. The molecule has 140 valence electrons. The van der Waals surface area contributed by atoms with Crippen molar-refractivity contribution in [2.75, 3.05) is 39.4 Å². The molecule has 6 nitrogen and oxygen atoms in total. The van der Waals surface area contributed by atoms with E-state index in [-0.39, 0.29) is 5.91 Å². The van der Waals surface area contributed by atoms with E-state index in [0.29, 0.717) is 31.5 Å². The molecule has 0 radical (unpaired) electrons. The third kappa shape index (κ3) is 5.28. The Morgan fingerprint density at radius 2 is 2.20 bits per heavy atom. The van der Waals surface area contributed by atoms with E-state index in [9.17, 15) is 4.79 Å². The number of carbonyl (C=O) groups is 1. The number of piperidine rings is 1. The quantitative estimate of drug-likeness (QED) is 0.816. The summed E-state index contributed by atoms with van der Waals surface area (Å²) >= 11 is 0. The highest BCUT2D eigenvalue weighted by Gasteiger charge is 2.30. The minimum absolute atomic E-state index is 0.281. The molecule has 0 saturated carbocycles. The van der Waals surface area contributed by atoms with Gasteiger partial charge in [0.1, 0.15) is 5.76 Å². The summed E-state index contributed by atoms with van der Waals surface area (Å²) in [7, 11) is 0. The standard InChI is InChI=1S/C19H31N3O3/c1-2-3-4-18-13-17(21-25-18)11-16-14-20-6-5-15(16)12-19(23)22-7-9-24-10-8-22/h13,15-16,20H,2-12,14H2,1H3/t15-,16-/m0/s1. The lowest BCUT2D eigenvalue weighted by Crippen LogP contribution is -2.44. The molecule has 6 heteroatoms. The molecule has 2 aliphatic rings. The Morgan fingerprint density at radius 1 is 1.36 bits per heavy atom. The van der Waals surface area contributed by atoms with Crippen LogP contribution in [0.15, 0.2) is 10.6 Å². The maximum Gasteiger partial charge on any atom is 0.223 e. The van der Waals surface area contributed by atoms with Gasteiger partial charge in [-0.05, 0) is 44.2 Å². The molecule has 2 fully saturated rings. The smallest absolute Gasteiger partial charge is 0.223 e. The zero-order valence-corrected chi connectivity index (χ0v) is 15.3. The van der Waals surface area contributed by atoms with E-state index in [0.717, 1.165) is 69.7 Å². The molecule has 25 heavy (non-hydrogen) atoms. The number of hydrogen-bond acceptors (Lipinski definition) is 5. The number of amides is 1. The molecule has 0 unspecified atom stereocenters.